The van der Waals surface area contributed by atoms with E-state index >= 15 is 0 Å². The number of carbonyl (C=O) groups is 1. The molecule has 0 bridgehead atoms. The fourth-order valence-corrected chi connectivity index (χ4v) is 6.13. The fourth-order valence-electron chi connectivity index (χ4n) is 6.13. The first-order chi connectivity index (χ1) is 12.4. The molecule has 5 aliphatic rings. The van der Waals surface area contributed by atoms with E-state index in [2.05, 4.69) is 13.0 Å². The number of hydrogen-bond donors (Lipinski definition) is 0. The Balaban J connectivity index is 1.87. The second-order valence-electron chi connectivity index (χ2n) is 8.45. The molecule has 0 saturated heterocycles. The minimum absolute atomic E-state index is 0.310. The third kappa shape index (κ3) is 1.63. The number of methoxy groups -OCH3 is 2. The molecule has 1 atom stereocenters. The molecular weight excluding hydrogens is 332 g/mol. The molecule has 2 fully saturated rings. The number of esters is 1. The summed E-state index contributed by atoms with van der Waals surface area (Å²) in [5, 5.41) is 0. The number of rotatable bonds is 4. The molecule has 0 aromatic carbocycles. The zero-order valence-corrected chi connectivity index (χ0v) is 16.1. The number of fused-ring (bicyclic) bond motifs is 1. The van der Waals surface area contributed by atoms with Crippen LogP contribution in [0.2, 0.25) is 0 Å². The van der Waals surface area contributed by atoms with Gasteiger partial charge in [-0.05, 0) is 69.9 Å². The highest BCUT2D eigenvalue weighted by atomic mass is 16.9. The summed E-state index contributed by atoms with van der Waals surface area (Å²) in [6.45, 7) is 6.20. The van der Waals surface area contributed by atoms with Gasteiger partial charge in [-0.1, -0.05) is 0 Å². The van der Waals surface area contributed by atoms with Crippen molar-refractivity contribution in [3.05, 3.63) is 34.1 Å². The summed E-state index contributed by atoms with van der Waals surface area (Å²) in [6.07, 6.45) is 6.61. The Kier molecular flexibility index (Phi) is 3.07. The first kappa shape index (κ1) is 16.6. The van der Waals surface area contributed by atoms with Crippen LogP contribution in [0, 0.1) is 17.3 Å². The van der Waals surface area contributed by atoms with Gasteiger partial charge in [-0.3, -0.25) is 0 Å². The molecule has 2 heterocycles. The van der Waals surface area contributed by atoms with Crippen LogP contribution in [0.25, 0.3) is 0 Å². The van der Waals surface area contributed by atoms with Crippen LogP contribution < -0.4 is 0 Å². The molecule has 0 aromatic rings. The Bertz CT molecular complexity index is 792. The lowest BCUT2D eigenvalue weighted by molar-refractivity contribution is -0.309. The SMILES string of the molecule is COC1(OC)OC(=O)C2=C1C(C)=C1C=C(C)O[C@@]1(C)C2(C1CC1)C1CC1. The predicted octanol–water partition coefficient (Wildman–Crippen LogP) is 3.62. The number of allylic oxidation sites excluding steroid dienone is 1. The van der Waals surface area contributed by atoms with E-state index in [1.807, 2.05) is 13.8 Å². The second-order valence-corrected chi connectivity index (χ2v) is 8.45. The summed E-state index contributed by atoms with van der Waals surface area (Å²) in [5.74, 6) is 0.0104. The van der Waals surface area contributed by atoms with E-state index in [0.29, 0.717) is 11.8 Å². The molecule has 2 saturated carbocycles. The second kappa shape index (κ2) is 4.82. The van der Waals surface area contributed by atoms with Crippen LogP contribution in [0.1, 0.15) is 46.5 Å². The highest BCUT2D eigenvalue weighted by Gasteiger charge is 2.75. The van der Waals surface area contributed by atoms with Gasteiger partial charge in [-0.2, -0.15) is 0 Å². The van der Waals surface area contributed by atoms with E-state index in [1.165, 1.54) is 14.2 Å². The Morgan fingerprint density at radius 2 is 1.58 bits per heavy atom. The Hall–Kier alpha value is -1.59. The van der Waals surface area contributed by atoms with Gasteiger partial charge in [0, 0.05) is 19.8 Å². The van der Waals surface area contributed by atoms with E-state index < -0.39 is 11.6 Å². The number of cyclic esters (lactones) is 1. The summed E-state index contributed by atoms with van der Waals surface area (Å²) in [4.78, 5) is 13.2. The lowest BCUT2D eigenvalue weighted by atomic mass is 9.54. The molecular formula is C21H26O5. The molecule has 0 unspecified atom stereocenters. The Labute approximate surface area is 154 Å². The minimum Gasteiger partial charge on any atom is -0.487 e. The van der Waals surface area contributed by atoms with Crippen molar-refractivity contribution >= 4 is 5.97 Å². The number of ether oxygens (including phenoxy) is 4. The van der Waals surface area contributed by atoms with Crippen molar-refractivity contribution in [2.75, 3.05) is 14.2 Å². The van der Waals surface area contributed by atoms with Gasteiger partial charge in [0.05, 0.1) is 22.3 Å². The summed E-state index contributed by atoms with van der Waals surface area (Å²) in [7, 11) is 3.06. The van der Waals surface area contributed by atoms with E-state index in [0.717, 1.165) is 53.7 Å². The van der Waals surface area contributed by atoms with Crippen molar-refractivity contribution in [3.8, 4) is 0 Å². The lowest BCUT2D eigenvalue weighted by Crippen LogP contribution is -2.55. The first-order valence-corrected chi connectivity index (χ1v) is 9.53. The normalized spacial score (nSPS) is 34.3. The van der Waals surface area contributed by atoms with Gasteiger partial charge >= 0.3 is 11.9 Å². The van der Waals surface area contributed by atoms with Gasteiger partial charge in [-0.25, -0.2) is 4.79 Å². The third-order valence-corrected chi connectivity index (χ3v) is 7.18. The van der Waals surface area contributed by atoms with Gasteiger partial charge in [-0.15, -0.1) is 0 Å². The van der Waals surface area contributed by atoms with Crippen LogP contribution in [0.15, 0.2) is 34.1 Å². The molecule has 5 nitrogen and oxygen atoms in total. The molecule has 0 N–H and O–H groups in total. The van der Waals surface area contributed by atoms with Crippen LogP contribution in [0.5, 0.6) is 0 Å². The molecule has 0 spiro atoms. The summed E-state index contributed by atoms with van der Waals surface area (Å²) in [6, 6.07) is 0. The monoisotopic (exact) mass is 358 g/mol. The van der Waals surface area contributed by atoms with E-state index in [1.54, 1.807) is 0 Å². The average molecular weight is 358 g/mol. The molecule has 3 aliphatic carbocycles. The number of carbonyl (C=O) groups excluding carboxylic acids is 1. The van der Waals surface area contributed by atoms with Crippen molar-refractivity contribution in [1.29, 1.82) is 0 Å². The zero-order valence-electron chi connectivity index (χ0n) is 16.1. The topological polar surface area (TPSA) is 54.0 Å². The van der Waals surface area contributed by atoms with Crippen molar-refractivity contribution in [1.82, 2.24) is 0 Å². The summed E-state index contributed by atoms with van der Waals surface area (Å²) < 4.78 is 23.5. The molecule has 140 valence electrons. The van der Waals surface area contributed by atoms with Crippen LogP contribution in [0.4, 0.5) is 0 Å². The molecule has 0 aromatic heterocycles. The van der Waals surface area contributed by atoms with E-state index in [-0.39, 0.29) is 11.4 Å². The summed E-state index contributed by atoms with van der Waals surface area (Å²) in [5.41, 5.74) is 2.75. The highest BCUT2D eigenvalue weighted by Crippen LogP contribution is 2.73. The third-order valence-electron chi connectivity index (χ3n) is 7.18. The molecule has 0 amide bonds. The van der Waals surface area contributed by atoms with Crippen molar-refractivity contribution in [2.24, 2.45) is 17.3 Å². The van der Waals surface area contributed by atoms with Gasteiger partial charge in [0.25, 0.3) is 0 Å². The van der Waals surface area contributed by atoms with Crippen molar-refractivity contribution in [3.63, 3.8) is 0 Å². The minimum atomic E-state index is -1.45. The largest absolute Gasteiger partial charge is 0.487 e. The van der Waals surface area contributed by atoms with E-state index in [4.69, 9.17) is 18.9 Å². The van der Waals surface area contributed by atoms with Crippen LogP contribution in [-0.2, 0) is 23.7 Å². The van der Waals surface area contributed by atoms with Crippen molar-refractivity contribution < 1.29 is 23.7 Å². The van der Waals surface area contributed by atoms with Crippen LogP contribution >= 0.6 is 0 Å². The van der Waals surface area contributed by atoms with Gasteiger partial charge in [0.2, 0.25) is 0 Å². The first-order valence-electron chi connectivity index (χ1n) is 9.53. The zero-order chi connectivity index (χ0) is 18.5. The molecule has 26 heavy (non-hydrogen) atoms. The molecule has 0 radical (unpaired) electrons. The van der Waals surface area contributed by atoms with E-state index in [9.17, 15) is 4.79 Å². The van der Waals surface area contributed by atoms with Gasteiger partial charge in [0.15, 0.2) is 0 Å². The predicted molar refractivity (Wildman–Crippen MR) is 93.7 cm³/mol. The molecule has 2 aliphatic heterocycles. The number of hydrogen-bond acceptors (Lipinski definition) is 5. The quantitative estimate of drug-likeness (QED) is 0.568. The highest BCUT2D eigenvalue weighted by molar-refractivity contribution is 5.97. The standard InChI is InChI=1S/C21H26O5/c1-11-10-15-12(2)16-17(18(22)26-21(16,23-4)24-5)20(13-6-7-13,14-8-9-14)19(15,3)25-11/h10,13-14H,6-9H2,1-5H3/t19-/m1/s1. The Morgan fingerprint density at radius 3 is 2.08 bits per heavy atom. The average Bonchev–Trinajstić information content (AvgIpc) is 3.51. The molecule has 5 rings (SSSR count). The van der Waals surface area contributed by atoms with Crippen LogP contribution in [-0.4, -0.2) is 31.8 Å². The lowest BCUT2D eigenvalue weighted by Gasteiger charge is -2.51. The van der Waals surface area contributed by atoms with Gasteiger partial charge < -0.3 is 18.9 Å². The van der Waals surface area contributed by atoms with Crippen LogP contribution in [0.3, 0.4) is 0 Å². The molecule has 5 heteroatoms. The maximum atomic E-state index is 13.2. The summed E-state index contributed by atoms with van der Waals surface area (Å²) >= 11 is 0. The fraction of sp³-hybridized carbons (Fsp3) is 0.667. The maximum absolute atomic E-state index is 13.2. The maximum Gasteiger partial charge on any atom is 0.359 e. The Morgan fingerprint density at radius 1 is 1.00 bits per heavy atom. The van der Waals surface area contributed by atoms with Crippen molar-refractivity contribution in [2.45, 2.75) is 58.0 Å². The van der Waals surface area contributed by atoms with Gasteiger partial charge in [0.1, 0.15) is 5.60 Å². The smallest absolute Gasteiger partial charge is 0.359 e.